The highest BCUT2D eigenvalue weighted by Gasteiger charge is 2.10. The maximum absolute atomic E-state index is 11.6. The number of rotatable bonds is 7. The third-order valence-corrected chi connectivity index (χ3v) is 2.76. The van der Waals surface area contributed by atoms with Crippen molar-refractivity contribution in [1.29, 1.82) is 0 Å². The van der Waals surface area contributed by atoms with Gasteiger partial charge in [0.15, 0.2) is 11.5 Å². The minimum absolute atomic E-state index is 0.284. The smallest absolute Gasteiger partial charge is 0.330 e. The van der Waals surface area contributed by atoms with E-state index in [-0.39, 0.29) is 5.97 Å². The lowest BCUT2D eigenvalue weighted by Crippen LogP contribution is -2.08. The molecule has 0 spiro atoms. The molecule has 0 bridgehead atoms. The fourth-order valence-corrected chi connectivity index (χ4v) is 1.60. The largest absolute Gasteiger partial charge is 0.493 e. The summed E-state index contributed by atoms with van der Waals surface area (Å²) in [7, 11) is 2.80. The monoisotopic (exact) mass is 292 g/mol. The van der Waals surface area contributed by atoms with Crippen LogP contribution in [0, 0.1) is 0 Å². The van der Waals surface area contributed by atoms with E-state index < -0.39 is 5.97 Å². The molecule has 114 valence electrons. The van der Waals surface area contributed by atoms with Crippen LogP contribution >= 0.6 is 0 Å². The molecule has 0 aromatic heterocycles. The van der Waals surface area contributed by atoms with Gasteiger partial charge in [-0.15, -0.1) is 0 Å². The Morgan fingerprint density at radius 2 is 1.95 bits per heavy atom. The number of hydrogen-bond acceptors (Lipinski definition) is 5. The van der Waals surface area contributed by atoms with Crippen molar-refractivity contribution in [3.05, 3.63) is 29.8 Å². The van der Waals surface area contributed by atoms with Gasteiger partial charge in [-0.1, -0.05) is 19.4 Å². The molecule has 1 aromatic rings. The van der Waals surface area contributed by atoms with Crippen molar-refractivity contribution in [3.8, 4) is 11.5 Å². The second-order valence-corrected chi connectivity index (χ2v) is 4.34. The van der Waals surface area contributed by atoms with Crippen molar-refractivity contribution in [2.24, 2.45) is 0 Å². The van der Waals surface area contributed by atoms with E-state index in [1.54, 1.807) is 24.3 Å². The molecule has 0 N–H and O–H groups in total. The number of unbranched alkanes of at least 4 members (excludes halogenated alkanes) is 1. The molecule has 0 fully saturated rings. The van der Waals surface area contributed by atoms with Crippen molar-refractivity contribution in [1.82, 2.24) is 0 Å². The number of carbonyl (C=O) groups is 2. The summed E-state index contributed by atoms with van der Waals surface area (Å²) in [5.74, 6) is 0.0812. The molecule has 5 nitrogen and oxygen atoms in total. The van der Waals surface area contributed by atoms with Gasteiger partial charge in [-0.25, -0.2) is 4.79 Å². The molecule has 0 saturated heterocycles. The van der Waals surface area contributed by atoms with Gasteiger partial charge < -0.3 is 14.2 Å². The minimum Gasteiger partial charge on any atom is -0.493 e. The van der Waals surface area contributed by atoms with Crippen LogP contribution in [0.1, 0.15) is 31.7 Å². The van der Waals surface area contributed by atoms with E-state index in [2.05, 4.69) is 4.74 Å². The Morgan fingerprint density at radius 3 is 2.57 bits per heavy atom. The van der Waals surface area contributed by atoms with Crippen molar-refractivity contribution in [2.75, 3.05) is 14.2 Å². The van der Waals surface area contributed by atoms with Gasteiger partial charge in [-0.3, -0.25) is 4.79 Å². The highest BCUT2D eigenvalue weighted by atomic mass is 16.6. The van der Waals surface area contributed by atoms with Gasteiger partial charge in [0.1, 0.15) is 0 Å². The molecule has 1 aromatic carbocycles. The van der Waals surface area contributed by atoms with Gasteiger partial charge in [-0.05, 0) is 30.2 Å². The van der Waals surface area contributed by atoms with Gasteiger partial charge in [-0.2, -0.15) is 0 Å². The summed E-state index contributed by atoms with van der Waals surface area (Å²) >= 11 is 0. The van der Waals surface area contributed by atoms with E-state index in [0.29, 0.717) is 17.9 Å². The SMILES string of the molecule is CCCCC(=O)Oc1ccc(/C=C\C(=O)OC)cc1OC. The van der Waals surface area contributed by atoms with Crippen LogP contribution in [-0.4, -0.2) is 26.2 Å². The number of hydrogen-bond donors (Lipinski definition) is 0. The zero-order valence-corrected chi connectivity index (χ0v) is 12.5. The van der Waals surface area contributed by atoms with Crippen molar-refractivity contribution in [3.63, 3.8) is 0 Å². The summed E-state index contributed by atoms with van der Waals surface area (Å²) in [6, 6.07) is 5.05. The van der Waals surface area contributed by atoms with E-state index >= 15 is 0 Å². The van der Waals surface area contributed by atoms with Gasteiger partial charge in [0, 0.05) is 12.5 Å². The van der Waals surface area contributed by atoms with E-state index in [9.17, 15) is 9.59 Å². The lowest BCUT2D eigenvalue weighted by atomic mass is 10.2. The molecule has 0 amide bonds. The Kier molecular flexibility index (Phi) is 7.01. The quantitative estimate of drug-likeness (QED) is 0.439. The molecule has 5 heteroatoms. The minimum atomic E-state index is -0.441. The summed E-state index contributed by atoms with van der Waals surface area (Å²) < 4.78 is 15.0. The average molecular weight is 292 g/mol. The van der Waals surface area contributed by atoms with Gasteiger partial charge in [0.25, 0.3) is 0 Å². The topological polar surface area (TPSA) is 61.8 Å². The molecule has 21 heavy (non-hydrogen) atoms. The van der Waals surface area contributed by atoms with Crippen LogP contribution in [0.2, 0.25) is 0 Å². The molecule has 0 atom stereocenters. The Labute approximate surface area is 124 Å². The fourth-order valence-electron chi connectivity index (χ4n) is 1.60. The molecule has 0 aliphatic rings. The van der Waals surface area contributed by atoms with Crippen LogP contribution in [0.3, 0.4) is 0 Å². The maximum atomic E-state index is 11.6. The van der Waals surface area contributed by atoms with Crippen molar-refractivity contribution < 1.29 is 23.8 Å². The van der Waals surface area contributed by atoms with Crippen LogP contribution in [0.15, 0.2) is 24.3 Å². The maximum Gasteiger partial charge on any atom is 0.330 e. The normalized spacial score (nSPS) is 10.4. The Bertz CT molecular complexity index is 519. The number of ether oxygens (including phenoxy) is 3. The van der Waals surface area contributed by atoms with Crippen LogP contribution in [-0.2, 0) is 14.3 Å². The molecule has 0 radical (unpaired) electrons. The van der Waals surface area contributed by atoms with Crippen LogP contribution in [0.4, 0.5) is 0 Å². The summed E-state index contributed by atoms with van der Waals surface area (Å²) in [6.45, 7) is 2.01. The van der Waals surface area contributed by atoms with Crippen LogP contribution in [0.25, 0.3) is 6.08 Å². The Hall–Kier alpha value is -2.30. The third kappa shape index (κ3) is 5.69. The number of benzene rings is 1. The number of methoxy groups -OCH3 is 2. The fraction of sp³-hybridized carbons (Fsp3) is 0.375. The zero-order valence-electron chi connectivity index (χ0n) is 12.5. The average Bonchev–Trinajstić information content (AvgIpc) is 2.51. The van der Waals surface area contributed by atoms with E-state index in [1.165, 1.54) is 20.3 Å². The summed E-state index contributed by atoms with van der Waals surface area (Å²) in [4.78, 5) is 22.7. The van der Waals surface area contributed by atoms with E-state index in [1.807, 2.05) is 6.92 Å². The standard InChI is InChI=1S/C16H20O5/c1-4-5-6-16(18)21-13-9-7-12(11-14(13)19-2)8-10-15(17)20-3/h7-11H,4-6H2,1-3H3/b10-8-. The summed E-state index contributed by atoms with van der Waals surface area (Å²) in [6.07, 6.45) is 5.01. The van der Waals surface area contributed by atoms with Gasteiger partial charge in [0.05, 0.1) is 14.2 Å². The Morgan fingerprint density at radius 1 is 1.19 bits per heavy atom. The summed E-state index contributed by atoms with van der Waals surface area (Å²) in [5.41, 5.74) is 0.741. The molecule has 0 aliphatic carbocycles. The lowest BCUT2D eigenvalue weighted by Gasteiger charge is -2.09. The molecule has 0 unspecified atom stereocenters. The Balaban J connectivity index is 2.81. The zero-order chi connectivity index (χ0) is 15.7. The molecular formula is C16H20O5. The first-order valence-electron chi connectivity index (χ1n) is 6.75. The number of carbonyl (C=O) groups excluding carboxylic acids is 2. The predicted octanol–water partition coefficient (Wildman–Crippen LogP) is 2.98. The molecule has 0 aliphatic heterocycles. The van der Waals surface area contributed by atoms with Gasteiger partial charge in [0.2, 0.25) is 0 Å². The van der Waals surface area contributed by atoms with Crippen LogP contribution < -0.4 is 9.47 Å². The predicted molar refractivity (Wildman–Crippen MR) is 79.2 cm³/mol. The number of esters is 2. The first-order valence-corrected chi connectivity index (χ1v) is 6.75. The second-order valence-electron chi connectivity index (χ2n) is 4.34. The molecule has 0 saturated carbocycles. The highest BCUT2D eigenvalue weighted by molar-refractivity contribution is 5.87. The highest BCUT2D eigenvalue weighted by Crippen LogP contribution is 2.29. The first-order chi connectivity index (χ1) is 10.1. The van der Waals surface area contributed by atoms with Crippen molar-refractivity contribution in [2.45, 2.75) is 26.2 Å². The van der Waals surface area contributed by atoms with E-state index in [4.69, 9.17) is 9.47 Å². The van der Waals surface area contributed by atoms with E-state index in [0.717, 1.165) is 18.4 Å². The van der Waals surface area contributed by atoms with Crippen LogP contribution in [0.5, 0.6) is 11.5 Å². The van der Waals surface area contributed by atoms with Gasteiger partial charge >= 0.3 is 11.9 Å². The molecule has 1 rings (SSSR count). The van der Waals surface area contributed by atoms with Crippen molar-refractivity contribution >= 4 is 18.0 Å². The molecular weight excluding hydrogens is 272 g/mol. The third-order valence-electron chi connectivity index (χ3n) is 2.76. The molecule has 0 heterocycles. The summed E-state index contributed by atoms with van der Waals surface area (Å²) in [5, 5.41) is 0. The lowest BCUT2D eigenvalue weighted by molar-refractivity contribution is -0.135. The second kappa shape index (κ2) is 8.79. The first kappa shape index (κ1) is 16.8.